The van der Waals surface area contributed by atoms with Crippen LogP contribution in [0, 0.1) is 0 Å². The molecule has 1 heterocycles. The van der Waals surface area contributed by atoms with E-state index in [1.54, 1.807) is 7.11 Å². The van der Waals surface area contributed by atoms with E-state index < -0.39 is 0 Å². The second-order valence-electron chi connectivity index (χ2n) is 4.73. The van der Waals surface area contributed by atoms with Crippen molar-refractivity contribution in [1.82, 2.24) is 10.2 Å². The summed E-state index contributed by atoms with van der Waals surface area (Å²) in [6, 6.07) is 7.75. The molecule has 1 aliphatic rings. The molecule has 2 atom stereocenters. The Bertz CT molecular complexity index is 450. The first-order valence-corrected chi connectivity index (χ1v) is 6.55. The average molecular weight is 263 g/mol. The number of benzene rings is 1. The highest BCUT2D eigenvalue weighted by atomic mass is 16.5. The fourth-order valence-electron chi connectivity index (χ4n) is 2.54. The summed E-state index contributed by atoms with van der Waals surface area (Å²) in [5.41, 5.74) is 7.01. The number of carbonyl (C=O) groups is 1. The first kappa shape index (κ1) is 13.8. The van der Waals surface area contributed by atoms with Crippen LogP contribution in [0.25, 0.3) is 0 Å². The average Bonchev–Trinajstić information content (AvgIpc) is 2.44. The summed E-state index contributed by atoms with van der Waals surface area (Å²) in [7, 11) is 1.65. The van der Waals surface area contributed by atoms with Crippen molar-refractivity contribution in [2.45, 2.75) is 19.0 Å². The molecule has 1 amide bonds. The summed E-state index contributed by atoms with van der Waals surface area (Å²) in [6.45, 7) is 3.87. The Kier molecular flexibility index (Phi) is 4.39. The van der Waals surface area contributed by atoms with Gasteiger partial charge in [0.15, 0.2) is 0 Å². The SMILES string of the molecule is COc1cccc(C(CN)N2CCNC(=O)C2C)c1. The molecule has 2 unspecified atom stereocenters. The molecular formula is C14H21N3O2. The zero-order valence-corrected chi connectivity index (χ0v) is 11.4. The quantitative estimate of drug-likeness (QED) is 0.831. The van der Waals surface area contributed by atoms with Crippen LogP contribution >= 0.6 is 0 Å². The van der Waals surface area contributed by atoms with Crippen LogP contribution in [-0.2, 0) is 4.79 Å². The molecule has 1 aromatic rings. The van der Waals surface area contributed by atoms with E-state index in [1.165, 1.54) is 0 Å². The molecule has 3 N–H and O–H groups in total. The molecule has 0 spiro atoms. The zero-order chi connectivity index (χ0) is 13.8. The standard InChI is InChI=1S/C14H21N3O2/c1-10-14(18)16-6-7-17(10)13(9-15)11-4-3-5-12(8-11)19-2/h3-5,8,10,13H,6-7,9,15H2,1-2H3,(H,16,18). The number of ether oxygens (including phenoxy) is 1. The molecule has 5 heteroatoms. The second kappa shape index (κ2) is 6.04. The van der Waals surface area contributed by atoms with Gasteiger partial charge in [-0.15, -0.1) is 0 Å². The van der Waals surface area contributed by atoms with E-state index in [0.29, 0.717) is 13.1 Å². The highest BCUT2D eigenvalue weighted by Crippen LogP contribution is 2.26. The van der Waals surface area contributed by atoms with Crippen LogP contribution in [0.3, 0.4) is 0 Å². The minimum absolute atomic E-state index is 0.0381. The van der Waals surface area contributed by atoms with Crippen LogP contribution in [-0.4, -0.2) is 43.6 Å². The van der Waals surface area contributed by atoms with Gasteiger partial charge in [0.05, 0.1) is 13.2 Å². The van der Waals surface area contributed by atoms with Gasteiger partial charge in [0.2, 0.25) is 5.91 Å². The molecule has 104 valence electrons. The molecule has 0 bridgehead atoms. The largest absolute Gasteiger partial charge is 0.497 e. The zero-order valence-electron chi connectivity index (χ0n) is 11.4. The molecule has 1 fully saturated rings. The van der Waals surface area contributed by atoms with Gasteiger partial charge in [-0.25, -0.2) is 0 Å². The van der Waals surface area contributed by atoms with E-state index in [1.807, 2.05) is 31.2 Å². The van der Waals surface area contributed by atoms with E-state index in [-0.39, 0.29) is 18.0 Å². The maximum absolute atomic E-state index is 11.8. The maximum Gasteiger partial charge on any atom is 0.237 e. The maximum atomic E-state index is 11.8. The van der Waals surface area contributed by atoms with Crippen LogP contribution in [0.15, 0.2) is 24.3 Å². The van der Waals surface area contributed by atoms with Crippen molar-refractivity contribution in [2.24, 2.45) is 5.73 Å². The number of carbonyl (C=O) groups excluding carboxylic acids is 1. The van der Waals surface area contributed by atoms with Crippen molar-refractivity contribution in [1.29, 1.82) is 0 Å². The van der Waals surface area contributed by atoms with Gasteiger partial charge < -0.3 is 15.8 Å². The van der Waals surface area contributed by atoms with Crippen molar-refractivity contribution in [2.75, 3.05) is 26.7 Å². The van der Waals surface area contributed by atoms with Crippen LogP contribution in [0.1, 0.15) is 18.5 Å². The van der Waals surface area contributed by atoms with E-state index in [0.717, 1.165) is 17.9 Å². The van der Waals surface area contributed by atoms with Crippen LogP contribution < -0.4 is 15.8 Å². The summed E-state index contributed by atoms with van der Waals surface area (Å²) in [5.74, 6) is 0.873. The number of methoxy groups -OCH3 is 1. The van der Waals surface area contributed by atoms with Crippen LogP contribution in [0.5, 0.6) is 5.75 Å². The van der Waals surface area contributed by atoms with Gasteiger partial charge in [-0.1, -0.05) is 12.1 Å². The van der Waals surface area contributed by atoms with Gasteiger partial charge in [-0.3, -0.25) is 9.69 Å². The molecule has 1 aromatic carbocycles. The minimum Gasteiger partial charge on any atom is -0.497 e. The normalized spacial score (nSPS) is 21.8. The molecule has 0 radical (unpaired) electrons. The van der Waals surface area contributed by atoms with Gasteiger partial charge >= 0.3 is 0 Å². The minimum atomic E-state index is -0.159. The van der Waals surface area contributed by atoms with Crippen molar-refractivity contribution < 1.29 is 9.53 Å². The Labute approximate surface area is 113 Å². The monoisotopic (exact) mass is 263 g/mol. The lowest BCUT2D eigenvalue weighted by molar-refractivity contribution is -0.129. The Balaban J connectivity index is 2.25. The number of nitrogens with zero attached hydrogens (tertiary/aromatic N) is 1. The van der Waals surface area contributed by atoms with Gasteiger partial charge in [-0.05, 0) is 24.6 Å². The second-order valence-corrected chi connectivity index (χ2v) is 4.73. The lowest BCUT2D eigenvalue weighted by atomic mass is 10.0. The van der Waals surface area contributed by atoms with Gasteiger partial charge in [0.1, 0.15) is 5.75 Å². The third-order valence-corrected chi connectivity index (χ3v) is 3.65. The summed E-state index contributed by atoms with van der Waals surface area (Å²) >= 11 is 0. The highest BCUT2D eigenvalue weighted by Gasteiger charge is 2.31. The molecule has 2 rings (SSSR count). The molecular weight excluding hydrogens is 242 g/mol. The van der Waals surface area contributed by atoms with E-state index in [4.69, 9.17) is 10.5 Å². The van der Waals surface area contributed by atoms with E-state index in [9.17, 15) is 4.79 Å². The molecule has 0 aliphatic carbocycles. The van der Waals surface area contributed by atoms with Crippen molar-refractivity contribution in [3.05, 3.63) is 29.8 Å². The summed E-state index contributed by atoms with van der Waals surface area (Å²) < 4.78 is 5.25. The number of rotatable bonds is 4. The molecule has 0 aromatic heterocycles. The van der Waals surface area contributed by atoms with Crippen LogP contribution in [0.2, 0.25) is 0 Å². The first-order chi connectivity index (χ1) is 9.17. The molecule has 1 aliphatic heterocycles. The summed E-state index contributed by atoms with van der Waals surface area (Å²) in [4.78, 5) is 13.9. The third-order valence-electron chi connectivity index (χ3n) is 3.65. The van der Waals surface area contributed by atoms with E-state index in [2.05, 4.69) is 10.2 Å². The summed E-state index contributed by atoms with van der Waals surface area (Å²) in [5, 5.41) is 2.87. The Morgan fingerprint density at radius 1 is 1.58 bits per heavy atom. The molecule has 1 saturated heterocycles. The third kappa shape index (κ3) is 2.88. The predicted octanol–water partition coefficient (Wildman–Crippen LogP) is 0.515. The highest BCUT2D eigenvalue weighted by molar-refractivity contribution is 5.82. The molecule has 5 nitrogen and oxygen atoms in total. The van der Waals surface area contributed by atoms with Gasteiger partial charge in [-0.2, -0.15) is 0 Å². The molecule has 0 saturated carbocycles. The Hall–Kier alpha value is -1.59. The smallest absolute Gasteiger partial charge is 0.237 e. The summed E-state index contributed by atoms with van der Waals surface area (Å²) in [6.07, 6.45) is 0. The predicted molar refractivity (Wildman–Crippen MR) is 74.0 cm³/mol. The topological polar surface area (TPSA) is 67.6 Å². The lowest BCUT2D eigenvalue weighted by Crippen LogP contribution is -2.55. The van der Waals surface area contributed by atoms with Gasteiger partial charge in [0.25, 0.3) is 0 Å². The Morgan fingerprint density at radius 3 is 3.05 bits per heavy atom. The Morgan fingerprint density at radius 2 is 2.37 bits per heavy atom. The number of piperazine rings is 1. The fraction of sp³-hybridized carbons (Fsp3) is 0.500. The van der Waals surface area contributed by atoms with Crippen molar-refractivity contribution in [3.8, 4) is 5.75 Å². The molecule has 19 heavy (non-hydrogen) atoms. The fourth-order valence-corrected chi connectivity index (χ4v) is 2.54. The lowest BCUT2D eigenvalue weighted by Gasteiger charge is -2.38. The number of nitrogens with one attached hydrogen (secondary N) is 1. The number of amides is 1. The van der Waals surface area contributed by atoms with Crippen LogP contribution in [0.4, 0.5) is 0 Å². The van der Waals surface area contributed by atoms with Crippen molar-refractivity contribution >= 4 is 5.91 Å². The number of hydrogen-bond donors (Lipinski definition) is 2. The number of hydrogen-bond acceptors (Lipinski definition) is 4. The first-order valence-electron chi connectivity index (χ1n) is 6.55. The van der Waals surface area contributed by atoms with Gasteiger partial charge in [0, 0.05) is 25.7 Å². The van der Waals surface area contributed by atoms with Crippen molar-refractivity contribution in [3.63, 3.8) is 0 Å². The number of nitrogens with two attached hydrogens (primary N) is 1. The van der Waals surface area contributed by atoms with E-state index >= 15 is 0 Å².